The average molecular weight is 281 g/mol. The SMILES string of the molecule is CCC12CCCN3C(=O)C(c4ccccc4)CC(=C31)CC2. The van der Waals surface area contributed by atoms with Crippen LogP contribution < -0.4 is 0 Å². The highest BCUT2D eigenvalue weighted by atomic mass is 16.2. The molecule has 4 rings (SSSR count). The van der Waals surface area contributed by atoms with E-state index in [2.05, 4.69) is 24.0 Å². The van der Waals surface area contributed by atoms with Gasteiger partial charge >= 0.3 is 0 Å². The number of carbonyl (C=O) groups excluding carboxylic acids is 1. The van der Waals surface area contributed by atoms with Crippen molar-refractivity contribution < 1.29 is 4.79 Å². The van der Waals surface area contributed by atoms with Gasteiger partial charge in [-0.3, -0.25) is 4.79 Å². The van der Waals surface area contributed by atoms with Gasteiger partial charge in [-0.05, 0) is 49.7 Å². The third kappa shape index (κ3) is 1.81. The average Bonchev–Trinajstić information content (AvgIpc) is 2.92. The normalized spacial score (nSPS) is 31.6. The molecule has 0 bridgehead atoms. The summed E-state index contributed by atoms with van der Waals surface area (Å²) < 4.78 is 0. The molecule has 1 aromatic carbocycles. The van der Waals surface area contributed by atoms with Gasteiger partial charge in [-0.1, -0.05) is 37.3 Å². The van der Waals surface area contributed by atoms with Crippen LogP contribution in [0.5, 0.6) is 0 Å². The zero-order valence-electron chi connectivity index (χ0n) is 12.8. The third-order valence-corrected chi connectivity index (χ3v) is 5.94. The molecule has 0 saturated carbocycles. The largest absolute Gasteiger partial charge is 0.315 e. The van der Waals surface area contributed by atoms with Gasteiger partial charge in [0.15, 0.2) is 0 Å². The summed E-state index contributed by atoms with van der Waals surface area (Å²) in [4.78, 5) is 15.2. The molecule has 0 aromatic heterocycles. The molecule has 3 aliphatic rings. The van der Waals surface area contributed by atoms with Crippen molar-refractivity contribution in [2.45, 2.75) is 51.4 Å². The smallest absolute Gasteiger partial charge is 0.234 e. The number of piperidine rings is 1. The van der Waals surface area contributed by atoms with E-state index in [0.717, 1.165) is 19.4 Å². The van der Waals surface area contributed by atoms with Crippen LogP contribution in [0.2, 0.25) is 0 Å². The van der Waals surface area contributed by atoms with Crippen LogP contribution in [-0.4, -0.2) is 17.4 Å². The lowest BCUT2D eigenvalue weighted by atomic mass is 9.73. The summed E-state index contributed by atoms with van der Waals surface area (Å²) in [6.07, 6.45) is 7.05. The van der Waals surface area contributed by atoms with Gasteiger partial charge < -0.3 is 4.90 Å². The maximum atomic E-state index is 13.0. The number of rotatable bonds is 2. The molecular formula is C19H23NO. The minimum atomic E-state index is 0.0516. The fourth-order valence-corrected chi connectivity index (χ4v) is 4.82. The molecule has 1 amide bonds. The third-order valence-electron chi connectivity index (χ3n) is 5.94. The Morgan fingerprint density at radius 1 is 1.24 bits per heavy atom. The van der Waals surface area contributed by atoms with E-state index >= 15 is 0 Å². The van der Waals surface area contributed by atoms with Crippen molar-refractivity contribution in [2.75, 3.05) is 6.54 Å². The number of hydrogen-bond donors (Lipinski definition) is 0. The van der Waals surface area contributed by atoms with Crippen molar-refractivity contribution in [2.24, 2.45) is 5.41 Å². The fourth-order valence-electron chi connectivity index (χ4n) is 4.82. The lowest BCUT2D eigenvalue weighted by molar-refractivity contribution is -0.133. The van der Waals surface area contributed by atoms with Gasteiger partial charge in [-0.25, -0.2) is 0 Å². The van der Waals surface area contributed by atoms with Crippen molar-refractivity contribution in [3.8, 4) is 0 Å². The van der Waals surface area contributed by atoms with Crippen molar-refractivity contribution >= 4 is 5.91 Å². The number of benzene rings is 1. The number of hydrogen-bond acceptors (Lipinski definition) is 1. The fraction of sp³-hybridized carbons (Fsp3) is 0.526. The van der Waals surface area contributed by atoms with E-state index in [0.29, 0.717) is 11.3 Å². The van der Waals surface area contributed by atoms with Gasteiger partial charge in [0, 0.05) is 17.7 Å². The monoisotopic (exact) mass is 281 g/mol. The molecule has 110 valence electrons. The van der Waals surface area contributed by atoms with Gasteiger partial charge in [0.05, 0.1) is 5.92 Å². The van der Waals surface area contributed by atoms with Crippen LogP contribution in [0.15, 0.2) is 41.6 Å². The number of carbonyl (C=O) groups is 1. The number of amides is 1. The molecule has 1 fully saturated rings. The lowest BCUT2D eigenvalue weighted by Crippen LogP contribution is -2.46. The summed E-state index contributed by atoms with van der Waals surface area (Å²) >= 11 is 0. The zero-order chi connectivity index (χ0) is 14.4. The summed E-state index contributed by atoms with van der Waals surface area (Å²) in [5.41, 5.74) is 4.53. The Balaban J connectivity index is 1.77. The predicted molar refractivity (Wildman–Crippen MR) is 83.7 cm³/mol. The number of allylic oxidation sites excluding steroid dienone is 2. The van der Waals surface area contributed by atoms with Crippen LogP contribution in [0.4, 0.5) is 0 Å². The van der Waals surface area contributed by atoms with Crippen LogP contribution in [0.25, 0.3) is 0 Å². The molecule has 2 atom stereocenters. The molecular weight excluding hydrogens is 258 g/mol. The summed E-state index contributed by atoms with van der Waals surface area (Å²) in [6.45, 7) is 3.23. The first kappa shape index (κ1) is 13.1. The summed E-state index contributed by atoms with van der Waals surface area (Å²) in [7, 11) is 0. The topological polar surface area (TPSA) is 20.3 Å². The van der Waals surface area contributed by atoms with E-state index in [1.165, 1.54) is 36.9 Å². The van der Waals surface area contributed by atoms with Gasteiger partial charge in [-0.2, -0.15) is 0 Å². The second kappa shape index (κ2) is 4.72. The molecule has 0 N–H and O–H groups in total. The molecule has 1 saturated heterocycles. The lowest BCUT2D eigenvalue weighted by Gasteiger charge is -2.46. The van der Waals surface area contributed by atoms with E-state index < -0.39 is 0 Å². The molecule has 2 nitrogen and oxygen atoms in total. The minimum Gasteiger partial charge on any atom is -0.315 e. The molecule has 2 unspecified atom stereocenters. The summed E-state index contributed by atoms with van der Waals surface area (Å²) in [5.74, 6) is 0.398. The standard InChI is InChI=1S/C19H23NO/c1-2-19-10-6-12-20-17(19)15(9-11-19)13-16(18(20)21)14-7-4-3-5-8-14/h3-5,7-8,16H,2,6,9-13H2,1H3. The van der Waals surface area contributed by atoms with Crippen molar-refractivity contribution in [3.05, 3.63) is 47.2 Å². The maximum absolute atomic E-state index is 13.0. The number of nitrogens with zero attached hydrogens (tertiary/aromatic N) is 1. The highest BCUT2D eigenvalue weighted by Gasteiger charge is 2.49. The maximum Gasteiger partial charge on any atom is 0.234 e. The van der Waals surface area contributed by atoms with Crippen molar-refractivity contribution in [1.82, 2.24) is 4.90 Å². The van der Waals surface area contributed by atoms with Crippen LogP contribution in [-0.2, 0) is 4.79 Å². The van der Waals surface area contributed by atoms with Crippen molar-refractivity contribution in [3.63, 3.8) is 0 Å². The Morgan fingerprint density at radius 3 is 2.81 bits per heavy atom. The van der Waals surface area contributed by atoms with E-state index in [4.69, 9.17) is 0 Å². The van der Waals surface area contributed by atoms with Gasteiger partial charge in [0.25, 0.3) is 0 Å². The van der Waals surface area contributed by atoms with Gasteiger partial charge in [0.1, 0.15) is 0 Å². The molecule has 0 spiro atoms. The van der Waals surface area contributed by atoms with Crippen LogP contribution in [0.1, 0.15) is 56.9 Å². The molecule has 2 heteroatoms. The summed E-state index contributed by atoms with van der Waals surface area (Å²) in [6, 6.07) is 10.3. The molecule has 2 aliphatic heterocycles. The Kier molecular flexibility index (Phi) is 2.95. The summed E-state index contributed by atoms with van der Waals surface area (Å²) in [5, 5.41) is 0. The predicted octanol–water partition coefficient (Wildman–Crippen LogP) is 4.24. The van der Waals surface area contributed by atoms with Crippen molar-refractivity contribution in [1.29, 1.82) is 0 Å². The Bertz CT molecular complexity index is 603. The molecule has 1 aromatic rings. The minimum absolute atomic E-state index is 0.0516. The molecule has 2 heterocycles. The quantitative estimate of drug-likeness (QED) is 0.794. The highest BCUT2D eigenvalue weighted by Crippen LogP contribution is 2.56. The van der Waals surface area contributed by atoms with Gasteiger partial charge in [0.2, 0.25) is 5.91 Å². The second-order valence-corrected chi connectivity index (χ2v) is 6.85. The van der Waals surface area contributed by atoms with E-state index in [-0.39, 0.29) is 5.92 Å². The van der Waals surface area contributed by atoms with Crippen LogP contribution in [0, 0.1) is 5.41 Å². The van der Waals surface area contributed by atoms with Crippen LogP contribution >= 0.6 is 0 Å². The first-order valence-corrected chi connectivity index (χ1v) is 8.34. The van der Waals surface area contributed by atoms with Gasteiger partial charge in [-0.15, -0.1) is 0 Å². The molecule has 21 heavy (non-hydrogen) atoms. The van der Waals surface area contributed by atoms with Crippen LogP contribution in [0.3, 0.4) is 0 Å². The first-order valence-electron chi connectivity index (χ1n) is 8.34. The Hall–Kier alpha value is -1.57. The Morgan fingerprint density at radius 2 is 2.05 bits per heavy atom. The first-order chi connectivity index (χ1) is 10.2. The van der Waals surface area contributed by atoms with E-state index in [1.807, 2.05) is 18.2 Å². The van der Waals surface area contributed by atoms with E-state index in [9.17, 15) is 4.79 Å². The highest BCUT2D eigenvalue weighted by molar-refractivity contribution is 5.87. The zero-order valence-corrected chi connectivity index (χ0v) is 12.8. The molecule has 0 radical (unpaired) electrons. The second-order valence-electron chi connectivity index (χ2n) is 6.85. The van der Waals surface area contributed by atoms with E-state index in [1.54, 1.807) is 5.57 Å². The Labute approximate surface area is 126 Å². The molecule has 1 aliphatic carbocycles.